The van der Waals surface area contributed by atoms with E-state index < -0.39 is 0 Å². The number of nitrogens with zero attached hydrogens (tertiary/aromatic N) is 2. The molecule has 1 fully saturated rings. The third kappa shape index (κ3) is 8.37. The molecular weight excluding hydrogens is 495 g/mol. The molecule has 30 heavy (non-hydrogen) atoms. The number of piperidine rings is 1. The highest BCUT2D eigenvalue weighted by molar-refractivity contribution is 14.0. The van der Waals surface area contributed by atoms with Crippen molar-refractivity contribution >= 4 is 29.9 Å². The smallest absolute Gasteiger partial charge is 0.203 e. The molecule has 1 aromatic rings. The van der Waals surface area contributed by atoms with E-state index in [1.165, 1.54) is 25.9 Å². The second-order valence-corrected chi connectivity index (χ2v) is 7.49. The molecule has 0 unspecified atom stereocenters. The van der Waals surface area contributed by atoms with Crippen LogP contribution in [0.3, 0.4) is 0 Å². The lowest BCUT2D eigenvalue weighted by Crippen LogP contribution is -2.39. The van der Waals surface area contributed by atoms with Crippen molar-refractivity contribution < 1.29 is 14.2 Å². The minimum absolute atomic E-state index is 0. The van der Waals surface area contributed by atoms with E-state index in [-0.39, 0.29) is 24.0 Å². The van der Waals surface area contributed by atoms with Gasteiger partial charge in [0.25, 0.3) is 0 Å². The fraction of sp³-hybridized carbons (Fsp3) is 0.682. The van der Waals surface area contributed by atoms with E-state index in [4.69, 9.17) is 14.2 Å². The van der Waals surface area contributed by atoms with E-state index >= 15 is 0 Å². The second kappa shape index (κ2) is 14.6. The number of hydrogen-bond acceptors (Lipinski definition) is 5. The van der Waals surface area contributed by atoms with Gasteiger partial charge in [0.1, 0.15) is 0 Å². The van der Waals surface area contributed by atoms with Gasteiger partial charge in [-0.2, -0.15) is 0 Å². The SMILES string of the molecule is CCOc1c(OC)cc(CNC(=NC)NCCCN2CCC(C)CC2)cc1OC.I. The first-order valence-electron chi connectivity index (χ1n) is 10.7. The van der Waals surface area contributed by atoms with Crippen LogP contribution in [0.25, 0.3) is 0 Å². The van der Waals surface area contributed by atoms with Crippen molar-refractivity contribution in [3.8, 4) is 17.2 Å². The fourth-order valence-electron chi connectivity index (χ4n) is 3.52. The van der Waals surface area contributed by atoms with Crippen LogP contribution in [-0.4, -0.2) is 64.9 Å². The van der Waals surface area contributed by atoms with Crippen molar-refractivity contribution in [1.29, 1.82) is 0 Å². The molecule has 172 valence electrons. The lowest BCUT2D eigenvalue weighted by atomic mass is 9.99. The van der Waals surface area contributed by atoms with Crippen molar-refractivity contribution in [3.05, 3.63) is 17.7 Å². The Morgan fingerprint density at radius 2 is 1.77 bits per heavy atom. The predicted octanol–water partition coefficient (Wildman–Crippen LogP) is 3.51. The Kier molecular flexibility index (Phi) is 12.9. The number of hydrogen-bond donors (Lipinski definition) is 2. The van der Waals surface area contributed by atoms with Gasteiger partial charge in [-0.1, -0.05) is 6.92 Å². The number of likely N-dealkylation sites (tertiary alicyclic amines) is 1. The molecule has 0 aliphatic carbocycles. The Balaban J connectivity index is 0.00000450. The first-order valence-corrected chi connectivity index (χ1v) is 10.7. The average Bonchev–Trinajstić information content (AvgIpc) is 2.75. The number of aliphatic imine (C=N–C) groups is 1. The zero-order valence-corrected chi connectivity index (χ0v) is 21.5. The lowest BCUT2D eigenvalue weighted by molar-refractivity contribution is 0.191. The number of benzene rings is 1. The van der Waals surface area contributed by atoms with Gasteiger partial charge in [-0.25, -0.2) is 0 Å². The Hall–Kier alpha value is -1.42. The molecule has 1 heterocycles. The van der Waals surface area contributed by atoms with Crippen LogP contribution in [0.1, 0.15) is 38.7 Å². The summed E-state index contributed by atoms with van der Waals surface area (Å²) in [5.74, 6) is 3.65. The summed E-state index contributed by atoms with van der Waals surface area (Å²) in [6.45, 7) is 9.97. The molecule has 0 aromatic heterocycles. The Morgan fingerprint density at radius 3 is 2.30 bits per heavy atom. The van der Waals surface area contributed by atoms with Gasteiger partial charge in [0.15, 0.2) is 17.5 Å². The number of rotatable bonds is 10. The Morgan fingerprint density at radius 1 is 1.13 bits per heavy atom. The van der Waals surface area contributed by atoms with E-state index in [9.17, 15) is 0 Å². The number of ether oxygens (including phenoxy) is 3. The van der Waals surface area contributed by atoms with Gasteiger partial charge in [-0.3, -0.25) is 4.99 Å². The summed E-state index contributed by atoms with van der Waals surface area (Å²) in [6, 6.07) is 3.93. The highest BCUT2D eigenvalue weighted by Crippen LogP contribution is 2.38. The lowest BCUT2D eigenvalue weighted by Gasteiger charge is -2.30. The highest BCUT2D eigenvalue weighted by Gasteiger charge is 2.15. The van der Waals surface area contributed by atoms with E-state index in [0.29, 0.717) is 30.4 Å². The van der Waals surface area contributed by atoms with E-state index in [1.54, 1.807) is 21.3 Å². The summed E-state index contributed by atoms with van der Waals surface area (Å²) in [5.41, 5.74) is 1.03. The topological polar surface area (TPSA) is 67.4 Å². The zero-order valence-electron chi connectivity index (χ0n) is 19.1. The summed E-state index contributed by atoms with van der Waals surface area (Å²) in [6.07, 6.45) is 3.76. The molecule has 2 N–H and O–H groups in total. The molecule has 0 amide bonds. The van der Waals surface area contributed by atoms with Crippen LogP contribution in [0, 0.1) is 5.92 Å². The molecular formula is C22H39IN4O3. The summed E-state index contributed by atoms with van der Waals surface area (Å²) < 4.78 is 16.6. The molecule has 8 heteroatoms. The van der Waals surface area contributed by atoms with Crippen LogP contribution in [-0.2, 0) is 6.54 Å². The highest BCUT2D eigenvalue weighted by atomic mass is 127. The maximum atomic E-state index is 5.66. The summed E-state index contributed by atoms with van der Waals surface area (Å²) in [4.78, 5) is 6.89. The van der Waals surface area contributed by atoms with Gasteiger partial charge in [-0.05, 0) is 69.4 Å². The van der Waals surface area contributed by atoms with Crippen molar-refractivity contribution in [1.82, 2.24) is 15.5 Å². The maximum Gasteiger partial charge on any atom is 0.203 e. The van der Waals surface area contributed by atoms with Crippen LogP contribution >= 0.6 is 24.0 Å². The minimum Gasteiger partial charge on any atom is -0.493 e. The van der Waals surface area contributed by atoms with Gasteiger partial charge in [-0.15, -0.1) is 24.0 Å². The summed E-state index contributed by atoms with van der Waals surface area (Å²) in [5, 5.41) is 6.76. The molecule has 1 aliphatic rings. The Labute approximate surface area is 199 Å². The van der Waals surface area contributed by atoms with Crippen molar-refractivity contribution in [2.75, 3.05) is 54.1 Å². The Bertz CT molecular complexity index is 624. The second-order valence-electron chi connectivity index (χ2n) is 7.49. The first-order chi connectivity index (χ1) is 14.1. The maximum absolute atomic E-state index is 5.66. The molecule has 1 saturated heterocycles. The van der Waals surface area contributed by atoms with Gasteiger partial charge >= 0.3 is 0 Å². The number of methoxy groups -OCH3 is 2. The van der Waals surface area contributed by atoms with Gasteiger partial charge in [0.05, 0.1) is 20.8 Å². The van der Waals surface area contributed by atoms with Crippen molar-refractivity contribution in [2.24, 2.45) is 10.9 Å². The van der Waals surface area contributed by atoms with Crippen molar-refractivity contribution in [3.63, 3.8) is 0 Å². The first kappa shape index (κ1) is 26.6. The molecule has 1 aliphatic heterocycles. The molecule has 0 spiro atoms. The fourth-order valence-corrected chi connectivity index (χ4v) is 3.52. The quantitative estimate of drug-likeness (QED) is 0.207. The van der Waals surface area contributed by atoms with Crippen LogP contribution < -0.4 is 24.8 Å². The molecule has 0 bridgehead atoms. The van der Waals surface area contributed by atoms with Crippen LogP contribution in [0.5, 0.6) is 17.2 Å². The number of guanidine groups is 1. The molecule has 7 nitrogen and oxygen atoms in total. The van der Waals surface area contributed by atoms with E-state index in [2.05, 4.69) is 27.4 Å². The molecule has 0 radical (unpaired) electrons. The molecule has 2 rings (SSSR count). The van der Waals surface area contributed by atoms with Crippen molar-refractivity contribution in [2.45, 2.75) is 39.7 Å². The average molecular weight is 534 g/mol. The van der Waals surface area contributed by atoms with Gasteiger partial charge in [0, 0.05) is 20.1 Å². The normalized spacial score (nSPS) is 15.3. The van der Waals surface area contributed by atoms with E-state index in [1.807, 2.05) is 19.1 Å². The third-order valence-electron chi connectivity index (χ3n) is 5.31. The molecule has 0 saturated carbocycles. The van der Waals surface area contributed by atoms with Crippen LogP contribution in [0.2, 0.25) is 0 Å². The zero-order chi connectivity index (χ0) is 21.1. The minimum atomic E-state index is 0. The van der Waals surface area contributed by atoms with Crippen LogP contribution in [0.4, 0.5) is 0 Å². The van der Waals surface area contributed by atoms with Gasteiger partial charge < -0.3 is 29.7 Å². The summed E-state index contributed by atoms with van der Waals surface area (Å²) >= 11 is 0. The monoisotopic (exact) mass is 534 g/mol. The summed E-state index contributed by atoms with van der Waals surface area (Å²) in [7, 11) is 5.07. The molecule has 0 atom stereocenters. The van der Waals surface area contributed by atoms with Gasteiger partial charge in [0.2, 0.25) is 5.75 Å². The molecule has 1 aromatic carbocycles. The largest absolute Gasteiger partial charge is 0.493 e. The predicted molar refractivity (Wildman–Crippen MR) is 134 cm³/mol. The van der Waals surface area contributed by atoms with Crippen LogP contribution in [0.15, 0.2) is 17.1 Å². The van der Waals surface area contributed by atoms with E-state index in [0.717, 1.165) is 37.0 Å². The number of nitrogens with one attached hydrogen (secondary N) is 2. The number of halogens is 1. The standard InChI is InChI=1S/C22H38N4O3.HI/c1-6-29-21-19(27-4)14-18(15-20(21)28-5)16-25-22(23-3)24-10-7-11-26-12-8-17(2)9-13-26;/h14-15,17H,6-13,16H2,1-5H3,(H2,23,24,25);1H. The third-order valence-corrected chi connectivity index (χ3v) is 5.31.